The number of rotatable bonds is 4. The summed E-state index contributed by atoms with van der Waals surface area (Å²) in [7, 11) is 0. The first-order valence-corrected chi connectivity index (χ1v) is 9.61. The minimum atomic E-state index is -0.472. The molecule has 0 bridgehead atoms. The fourth-order valence-corrected chi connectivity index (χ4v) is 3.42. The van der Waals surface area contributed by atoms with Gasteiger partial charge in [-0.3, -0.25) is 9.59 Å². The van der Waals surface area contributed by atoms with Crippen molar-refractivity contribution in [3.63, 3.8) is 0 Å². The van der Waals surface area contributed by atoms with Gasteiger partial charge in [-0.15, -0.1) is 0 Å². The fourth-order valence-electron chi connectivity index (χ4n) is 3.42. The Morgan fingerprint density at radius 1 is 0.900 bits per heavy atom. The lowest BCUT2D eigenvalue weighted by molar-refractivity contribution is -0.116. The minimum Gasteiger partial charge on any atom is -0.423 e. The SMILES string of the molecule is CC(=O)N1CCc2cc(C(=O)Oc3ccc(NC(=O)c4ccccc4)cc3)ccc21. The number of anilines is 2. The third-order valence-corrected chi connectivity index (χ3v) is 4.95. The van der Waals surface area contributed by atoms with Gasteiger partial charge < -0.3 is 15.0 Å². The second-order valence-corrected chi connectivity index (χ2v) is 7.00. The van der Waals surface area contributed by atoms with Gasteiger partial charge in [0.05, 0.1) is 5.56 Å². The molecule has 30 heavy (non-hydrogen) atoms. The largest absolute Gasteiger partial charge is 0.423 e. The van der Waals surface area contributed by atoms with Crippen molar-refractivity contribution in [2.24, 2.45) is 0 Å². The minimum absolute atomic E-state index is 0.0106. The first-order valence-electron chi connectivity index (χ1n) is 9.61. The maximum absolute atomic E-state index is 12.5. The Bertz CT molecular complexity index is 1110. The van der Waals surface area contributed by atoms with Crippen molar-refractivity contribution in [2.45, 2.75) is 13.3 Å². The van der Waals surface area contributed by atoms with Crippen LogP contribution in [0.25, 0.3) is 0 Å². The van der Waals surface area contributed by atoms with Crippen LogP contribution < -0.4 is 15.0 Å². The Labute approximate surface area is 174 Å². The average Bonchev–Trinajstić information content (AvgIpc) is 3.19. The number of amides is 2. The van der Waals surface area contributed by atoms with Gasteiger partial charge in [-0.1, -0.05) is 18.2 Å². The van der Waals surface area contributed by atoms with Crippen LogP contribution in [0.5, 0.6) is 5.75 Å². The van der Waals surface area contributed by atoms with Crippen LogP contribution in [0.4, 0.5) is 11.4 Å². The van der Waals surface area contributed by atoms with Gasteiger partial charge in [-0.2, -0.15) is 0 Å². The van der Waals surface area contributed by atoms with Gasteiger partial charge in [0.15, 0.2) is 0 Å². The molecule has 1 aliphatic heterocycles. The van der Waals surface area contributed by atoms with Crippen LogP contribution in [0, 0.1) is 0 Å². The number of carbonyl (C=O) groups is 3. The van der Waals surface area contributed by atoms with Crippen LogP contribution in [0.15, 0.2) is 72.8 Å². The van der Waals surface area contributed by atoms with E-state index in [9.17, 15) is 14.4 Å². The van der Waals surface area contributed by atoms with E-state index < -0.39 is 5.97 Å². The summed E-state index contributed by atoms with van der Waals surface area (Å²) in [5.74, 6) is -0.315. The molecule has 3 aromatic carbocycles. The first kappa shape index (κ1) is 19.4. The lowest BCUT2D eigenvalue weighted by Gasteiger charge is -2.14. The van der Waals surface area contributed by atoms with Crippen molar-refractivity contribution < 1.29 is 19.1 Å². The summed E-state index contributed by atoms with van der Waals surface area (Å²) in [5.41, 5.74) is 3.40. The molecule has 0 aliphatic carbocycles. The molecule has 2 amide bonds. The summed E-state index contributed by atoms with van der Waals surface area (Å²) in [5, 5.41) is 2.80. The molecule has 6 nitrogen and oxygen atoms in total. The predicted octanol–water partition coefficient (Wildman–Crippen LogP) is 4.07. The molecule has 1 heterocycles. The van der Waals surface area contributed by atoms with E-state index in [0.29, 0.717) is 35.5 Å². The number of hydrogen-bond acceptors (Lipinski definition) is 4. The Hall–Kier alpha value is -3.93. The van der Waals surface area contributed by atoms with E-state index in [0.717, 1.165) is 11.3 Å². The first-order chi connectivity index (χ1) is 14.5. The molecule has 150 valence electrons. The molecule has 4 rings (SSSR count). The number of benzene rings is 3. The highest BCUT2D eigenvalue weighted by Crippen LogP contribution is 2.29. The van der Waals surface area contributed by atoms with Gasteiger partial charge in [0.2, 0.25) is 5.91 Å². The zero-order valence-corrected chi connectivity index (χ0v) is 16.4. The van der Waals surface area contributed by atoms with Crippen LogP contribution >= 0.6 is 0 Å². The molecule has 0 saturated carbocycles. The second kappa shape index (κ2) is 8.21. The number of esters is 1. The van der Waals surface area contributed by atoms with Gasteiger partial charge >= 0.3 is 5.97 Å². The molecule has 6 heteroatoms. The second-order valence-electron chi connectivity index (χ2n) is 7.00. The summed E-state index contributed by atoms with van der Waals surface area (Å²) in [6.45, 7) is 2.16. The summed E-state index contributed by atoms with van der Waals surface area (Å²) in [4.78, 5) is 38.1. The van der Waals surface area contributed by atoms with Crippen LogP contribution in [0.3, 0.4) is 0 Å². The van der Waals surface area contributed by atoms with Crippen molar-refractivity contribution in [1.29, 1.82) is 0 Å². The van der Waals surface area contributed by atoms with Gasteiger partial charge in [0.25, 0.3) is 5.91 Å². The van der Waals surface area contributed by atoms with E-state index >= 15 is 0 Å². The summed E-state index contributed by atoms with van der Waals surface area (Å²) < 4.78 is 5.45. The van der Waals surface area contributed by atoms with E-state index in [4.69, 9.17) is 4.74 Å². The molecule has 0 saturated heterocycles. The number of ether oxygens (including phenoxy) is 1. The zero-order valence-electron chi connectivity index (χ0n) is 16.4. The highest BCUT2D eigenvalue weighted by Gasteiger charge is 2.23. The zero-order chi connectivity index (χ0) is 21.1. The maximum atomic E-state index is 12.5. The van der Waals surface area contributed by atoms with Crippen LogP contribution in [-0.2, 0) is 11.2 Å². The number of carbonyl (C=O) groups excluding carboxylic acids is 3. The highest BCUT2D eigenvalue weighted by molar-refractivity contribution is 6.04. The molecule has 1 N–H and O–H groups in total. The predicted molar refractivity (Wildman–Crippen MR) is 114 cm³/mol. The smallest absolute Gasteiger partial charge is 0.343 e. The highest BCUT2D eigenvalue weighted by atomic mass is 16.5. The quantitative estimate of drug-likeness (QED) is 0.529. The fraction of sp³-hybridized carbons (Fsp3) is 0.125. The third-order valence-electron chi connectivity index (χ3n) is 4.95. The van der Waals surface area contributed by atoms with Crippen molar-refractivity contribution in [2.75, 3.05) is 16.8 Å². The monoisotopic (exact) mass is 400 g/mol. The number of nitrogens with one attached hydrogen (secondary N) is 1. The molecule has 0 unspecified atom stereocenters. The third kappa shape index (κ3) is 4.07. The Morgan fingerprint density at radius 3 is 2.33 bits per heavy atom. The summed E-state index contributed by atoms with van der Waals surface area (Å²) >= 11 is 0. The number of nitrogens with zero attached hydrogens (tertiary/aromatic N) is 1. The number of fused-ring (bicyclic) bond motifs is 1. The Kier molecular flexibility index (Phi) is 5.30. The van der Waals surface area contributed by atoms with Crippen molar-refractivity contribution in [1.82, 2.24) is 0 Å². The van der Waals surface area contributed by atoms with Gasteiger partial charge in [0.1, 0.15) is 5.75 Å². The maximum Gasteiger partial charge on any atom is 0.343 e. The van der Waals surface area contributed by atoms with Gasteiger partial charge in [0, 0.05) is 30.4 Å². The van der Waals surface area contributed by atoms with E-state index in [2.05, 4.69) is 5.32 Å². The number of hydrogen-bond donors (Lipinski definition) is 1. The van der Waals surface area contributed by atoms with Crippen LogP contribution in [0.1, 0.15) is 33.2 Å². The van der Waals surface area contributed by atoms with Crippen molar-refractivity contribution >= 4 is 29.2 Å². The van der Waals surface area contributed by atoms with Crippen LogP contribution in [0.2, 0.25) is 0 Å². The molecule has 0 spiro atoms. The Balaban J connectivity index is 1.41. The molecule has 0 radical (unpaired) electrons. The Morgan fingerprint density at radius 2 is 1.63 bits per heavy atom. The lowest BCUT2D eigenvalue weighted by atomic mass is 10.1. The van der Waals surface area contributed by atoms with Gasteiger partial charge in [-0.25, -0.2) is 4.79 Å². The molecular formula is C24H20N2O4. The van der Waals surface area contributed by atoms with Crippen molar-refractivity contribution in [3.05, 3.63) is 89.5 Å². The summed E-state index contributed by atoms with van der Waals surface area (Å²) in [6.07, 6.45) is 0.714. The topological polar surface area (TPSA) is 75.7 Å². The van der Waals surface area contributed by atoms with E-state index in [1.807, 2.05) is 6.07 Å². The molecular weight excluding hydrogens is 380 g/mol. The molecule has 0 atom stereocenters. The van der Waals surface area contributed by atoms with Crippen LogP contribution in [-0.4, -0.2) is 24.3 Å². The summed E-state index contributed by atoms with van der Waals surface area (Å²) in [6, 6.07) is 20.7. The van der Waals surface area contributed by atoms with E-state index in [1.165, 1.54) is 6.92 Å². The van der Waals surface area contributed by atoms with E-state index in [-0.39, 0.29) is 11.8 Å². The lowest BCUT2D eigenvalue weighted by Crippen LogP contribution is -2.25. The van der Waals surface area contributed by atoms with Gasteiger partial charge in [-0.05, 0) is 66.6 Å². The average molecular weight is 400 g/mol. The normalized spacial score (nSPS) is 12.2. The molecule has 0 aromatic heterocycles. The van der Waals surface area contributed by atoms with E-state index in [1.54, 1.807) is 71.6 Å². The standard InChI is InChI=1S/C24H20N2O4/c1-16(27)26-14-13-18-15-19(7-12-22(18)26)24(29)30-21-10-8-20(9-11-21)25-23(28)17-5-3-2-4-6-17/h2-12,15H,13-14H2,1H3,(H,25,28). The molecule has 3 aromatic rings. The van der Waals surface area contributed by atoms with Crippen molar-refractivity contribution in [3.8, 4) is 5.75 Å². The molecule has 1 aliphatic rings. The molecule has 0 fully saturated rings.